The molecule has 1 fully saturated rings. The van der Waals surface area contributed by atoms with Gasteiger partial charge < -0.3 is 19.7 Å². The molecular formula is C21H24FN3O4. The van der Waals surface area contributed by atoms with Crippen molar-refractivity contribution < 1.29 is 23.5 Å². The molecule has 154 valence electrons. The third-order valence-electron chi connectivity index (χ3n) is 4.77. The first-order chi connectivity index (χ1) is 14.0. The highest BCUT2D eigenvalue weighted by Gasteiger charge is 2.24. The van der Waals surface area contributed by atoms with Gasteiger partial charge in [-0.1, -0.05) is 6.07 Å². The maximum absolute atomic E-state index is 13.2. The molecule has 2 aromatic rings. The van der Waals surface area contributed by atoms with Crippen molar-refractivity contribution in [2.24, 2.45) is 0 Å². The van der Waals surface area contributed by atoms with E-state index in [2.05, 4.69) is 5.32 Å². The van der Waals surface area contributed by atoms with Crippen molar-refractivity contribution in [1.29, 1.82) is 0 Å². The summed E-state index contributed by atoms with van der Waals surface area (Å²) < 4.78 is 23.7. The molecule has 7 nitrogen and oxygen atoms in total. The topological polar surface area (TPSA) is 71.1 Å². The zero-order valence-electron chi connectivity index (χ0n) is 16.5. The van der Waals surface area contributed by atoms with Gasteiger partial charge >= 0.3 is 0 Å². The van der Waals surface area contributed by atoms with E-state index in [4.69, 9.17) is 9.47 Å². The second-order valence-corrected chi connectivity index (χ2v) is 6.70. The number of carbonyl (C=O) groups is 2. The fourth-order valence-corrected chi connectivity index (χ4v) is 3.23. The summed E-state index contributed by atoms with van der Waals surface area (Å²) in [5.41, 5.74) is 0.956. The first-order valence-electron chi connectivity index (χ1n) is 9.29. The minimum absolute atomic E-state index is 0.0881. The molecule has 2 aromatic carbocycles. The molecule has 0 radical (unpaired) electrons. The Morgan fingerprint density at radius 2 is 1.72 bits per heavy atom. The molecule has 29 heavy (non-hydrogen) atoms. The van der Waals surface area contributed by atoms with E-state index in [9.17, 15) is 14.0 Å². The Bertz CT molecular complexity index is 882. The Hall–Kier alpha value is -3.13. The number of nitrogens with zero attached hydrogens (tertiary/aromatic N) is 2. The van der Waals surface area contributed by atoms with Gasteiger partial charge in [-0.05, 0) is 36.4 Å². The maximum atomic E-state index is 13.2. The molecule has 0 spiro atoms. The average Bonchev–Trinajstić information content (AvgIpc) is 2.73. The second kappa shape index (κ2) is 9.38. The van der Waals surface area contributed by atoms with E-state index in [1.807, 2.05) is 4.90 Å². The number of hydrogen-bond acceptors (Lipinski definition) is 5. The van der Waals surface area contributed by atoms with Crippen LogP contribution in [0.25, 0.3) is 0 Å². The first-order valence-corrected chi connectivity index (χ1v) is 9.29. The lowest BCUT2D eigenvalue weighted by atomic mass is 10.1. The summed E-state index contributed by atoms with van der Waals surface area (Å²) >= 11 is 0. The SMILES string of the molecule is COc1ccc(C(=O)N2CCN(CC(=O)Nc3cccc(F)c3)CC2)cc1OC. The van der Waals surface area contributed by atoms with E-state index >= 15 is 0 Å². The van der Waals surface area contributed by atoms with Gasteiger partial charge in [-0.3, -0.25) is 14.5 Å². The largest absolute Gasteiger partial charge is 0.493 e. The zero-order chi connectivity index (χ0) is 20.8. The Morgan fingerprint density at radius 3 is 2.38 bits per heavy atom. The van der Waals surface area contributed by atoms with Gasteiger partial charge in [0.1, 0.15) is 5.82 Å². The summed E-state index contributed by atoms with van der Waals surface area (Å²) in [7, 11) is 3.07. The van der Waals surface area contributed by atoms with Crippen LogP contribution in [-0.4, -0.2) is 68.6 Å². The smallest absolute Gasteiger partial charge is 0.254 e. The quantitative estimate of drug-likeness (QED) is 0.804. The Balaban J connectivity index is 1.52. The van der Waals surface area contributed by atoms with E-state index in [1.165, 1.54) is 19.2 Å². The van der Waals surface area contributed by atoms with Crippen LogP contribution in [0.4, 0.5) is 10.1 Å². The van der Waals surface area contributed by atoms with Crippen molar-refractivity contribution in [1.82, 2.24) is 9.80 Å². The molecule has 0 unspecified atom stereocenters. The summed E-state index contributed by atoms with van der Waals surface area (Å²) in [4.78, 5) is 28.7. The molecular weight excluding hydrogens is 377 g/mol. The number of halogens is 1. The number of benzene rings is 2. The lowest BCUT2D eigenvalue weighted by molar-refractivity contribution is -0.117. The number of piperazine rings is 1. The van der Waals surface area contributed by atoms with Crippen LogP contribution >= 0.6 is 0 Å². The van der Waals surface area contributed by atoms with Crippen LogP contribution in [0.1, 0.15) is 10.4 Å². The predicted molar refractivity (Wildman–Crippen MR) is 107 cm³/mol. The molecule has 1 aliphatic rings. The van der Waals surface area contributed by atoms with Crippen molar-refractivity contribution >= 4 is 17.5 Å². The maximum Gasteiger partial charge on any atom is 0.254 e. The molecule has 2 amide bonds. The number of nitrogens with one attached hydrogen (secondary N) is 1. The molecule has 1 N–H and O–H groups in total. The first kappa shape index (κ1) is 20.6. The van der Waals surface area contributed by atoms with E-state index in [0.29, 0.717) is 48.9 Å². The third kappa shape index (κ3) is 5.23. The molecule has 0 aliphatic carbocycles. The fraction of sp³-hybridized carbons (Fsp3) is 0.333. The van der Waals surface area contributed by atoms with Crippen LogP contribution < -0.4 is 14.8 Å². The summed E-state index contributed by atoms with van der Waals surface area (Å²) in [6.07, 6.45) is 0. The van der Waals surface area contributed by atoms with Gasteiger partial charge in [0.2, 0.25) is 5.91 Å². The van der Waals surface area contributed by atoms with Crippen LogP contribution in [-0.2, 0) is 4.79 Å². The number of rotatable bonds is 6. The molecule has 0 atom stereocenters. The summed E-state index contributed by atoms with van der Waals surface area (Å²) in [6.45, 7) is 2.38. The van der Waals surface area contributed by atoms with E-state index in [0.717, 1.165) is 0 Å². The Morgan fingerprint density at radius 1 is 1.00 bits per heavy atom. The summed E-state index contributed by atoms with van der Waals surface area (Å²) in [6, 6.07) is 10.9. The number of methoxy groups -OCH3 is 2. The van der Waals surface area contributed by atoms with Crippen molar-refractivity contribution in [3.05, 3.63) is 53.8 Å². The van der Waals surface area contributed by atoms with E-state index < -0.39 is 5.82 Å². The highest BCUT2D eigenvalue weighted by molar-refractivity contribution is 5.95. The number of amides is 2. The van der Waals surface area contributed by atoms with Crippen LogP contribution in [0.2, 0.25) is 0 Å². The lowest BCUT2D eigenvalue weighted by Crippen LogP contribution is -2.50. The lowest BCUT2D eigenvalue weighted by Gasteiger charge is -2.34. The summed E-state index contributed by atoms with van der Waals surface area (Å²) in [5.74, 6) is 0.374. The number of ether oxygens (including phenoxy) is 2. The number of anilines is 1. The molecule has 8 heteroatoms. The van der Waals surface area contributed by atoms with Crippen LogP contribution in [0.3, 0.4) is 0 Å². The molecule has 3 rings (SSSR count). The second-order valence-electron chi connectivity index (χ2n) is 6.70. The average molecular weight is 401 g/mol. The van der Waals surface area contributed by atoms with Gasteiger partial charge in [-0.25, -0.2) is 4.39 Å². The number of carbonyl (C=O) groups excluding carboxylic acids is 2. The molecule has 0 saturated carbocycles. The number of hydrogen-bond donors (Lipinski definition) is 1. The highest BCUT2D eigenvalue weighted by Crippen LogP contribution is 2.28. The standard InChI is InChI=1S/C21H24FN3O4/c1-28-18-7-6-15(12-19(18)29-2)21(27)25-10-8-24(9-11-25)14-20(26)23-17-5-3-4-16(22)13-17/h3-7,12-13H,8-11,14H2,1-2H3,(H,23,26). The van der Waals surface area contributed by atoms with Crippen LogP contribution in [0.5, 0.6) is 11.5 Å². The van der Waals surface area contributed by atoms with Gasteiger partial charge in [0, 0.05) is 37.4 Å². The predicted octanol–water partition coefficient (Wildman–Crippen LogP) is 2.24. The normalized spacial score (nSPS) is 14.4. The monoisotopic (exact) mass is 401 g/mol. The highest BCUT2D eigenvalue weighted by atomic mass is 19.1. The van der Waals surface area contributed by atoms with Gasteiger partial charge in [-0.2, -0.15) is 0 Å². The third-order valence-corrected chi connectivity index (χ3v) is 4.77. The van der Waals surface area contributed by atoms with E-state index in [1.54, 1.807) is 42.3 Å². The van der Waals surface area contributed by atoms with Gasteiger partial charge in [-0.15, -0.1) is 0 Å². The van der Waals surface area contributed by atoms with Gasteiger partial charge in [0.25, 0.3) is 5.91 Å². The van der Waals surface area contributed by atoms with Crippen LogP contribution in [0, 0.1) is 5.82 Å². The molecule has 1 heterocycles. The Kier molecular flexibility index (Phi) is 6.66. The van der Waals surface area contributed by atoms with E-state index in [-0.39, 0.29) is 18.4 Å². The minimum Gasteiger partial charge on any atom is -0.493 e. The van der Waals surface area contributed by atoms with Crippen LogP contribution in [0.15, 0.2) is 42.5 Å². The summed E-state index contributed by atoms with van der Waals surface area (Å²) in [5, 5.41) is 2.69. The fourth-order valence-electron chi connectivity index (χ4n) is 3.23. The Labute approximate surface area is 169 Å². The molecule has 1 aliphatic heterocycles. The van der Waals surface area contributed by atoms with Crippen molar-refractivity contribution in [2.45, 2.75) is 0 Å². The molecule has 1 saturated heterocycles. The molecule has 0 aromatic heterocycles. The van der Waals surface area contributed by atoms with Gasteiger partial charge in [0.05, 0.1) is 20.8 Å². The molecule has 0 bridgehead atoms. The minimum atomic E-state index is -0.398. The van der Waals surface area contributed by atoms with Gasteiger partial charge in [0.15, 0.2) is 11.5 Å². The van der Waals surface area contributed by atoms with Crippen molar-refractivity contribution in [3.8, 4) is 11.5 Å². The zero-order valence-corrected chi connectivity index (χ0v) is 16.5. The van der Waals surface area contributed by atoms with Crippen molar-refractivity contribution in [2.75, 3.05) is 52.3 Å². The van der Waals surface area contributed by atoms with Crippen molar-refractivity contribution in [3.63, 3.8) is 0 Å².